The van der Waals surface area contributed by atoms with E-state index in [2.05, 4.69) is 277 Å². The molecule has 0 saturated carbocycles. The van der Waals surface area contributed by atoms with Gasteiger partial charge >= 0.3 is 0 Å². The molecule has 1 aromatic heterocycles. The zero-order valence-electron chi connectivity index (χ0n) is 39.5. The van der Waals surface area contributed by atoms with E-state index < -0.39 is 0 Å². The molecule has 0 aliphatic rings. The zero-order chi connectivity index (χ0) is 48.1. The van der Waals surface area contributed by atoms with Gasteiger partial charge in [0.1, 0.15) is 0 Å². The molecule has 0 atom stereocenters. The van der Waals surface area contributed by atoms with E-state index in [-0.39, 0.29) is 0 Å². The average Bonchev–Trinajstić information content (AvgIpc) is 3.46. The molecule has 12 rings (SSSR count). The van der Waals surface area contributed by atoms with Crippen LogP contribution in [0.5, 0.6) is 0 Å². The molecular weight excluding hydrogens is 873 g/mol. The third kappa shape index (κ3) is 8.81. The van der Waals surface area contributed by atoms with Crippen LogP contribution in [-0.2, 0) is 0 Å². The highest BCUT2D eigenvalue weighted by Crippen LogP contribution is 2.44. The first-order chi connectivity index (χ1) is 35.7. The van der Waals surface area contributed by atoms with Gasteiger partial charge in [-0.2, -0.15) is 0 Å². The van der Waals surface area contributed by atoms with Crippen molar-refractivity contribution in [3.63, 3.8) is 0 Å². The Labute approximate surface area is 421 Å². The number of fused-ring (bicyclic) bond motifs is 1. The maximum absolute atomic E-state index is 5.32. The normalized spacial score (nSPS) is 11.1. The second-order valence-electron chi connectivity index (χ2n) is 17.8. The number of rotatable bonds is 12. The van der Waals surface area contributed by atoms with Crippen molar-refractivity contribution in [1.29, 1.82) is 0 Å². The molecule has 0 unspecified atom stereocenters. The maximum atomic E-state index is 5.32. The van der Waals surface area contributed by atoms with Gasteiger partial charge in [-0.25, -0.2) is 9.97 Å². The molecule has 0 radical (unpaired) electrons. The molecule has 4 heteroatoms. The van der Waals surface area contributed by atoms with Gasteiger partial charge in [0.15, 0.2) is 0 Å². The fraction of sp³-hybridized carbons (Fsp3) is 0. The molecule has 4 nitrogen and oxygen atoms in total. The Morgan fingerprint density at radius 2 is 0.458 bits per heavy atom. The molecular formula is C68H48N4. The highest BCUT2D eigenvalue weighted by Gasteiger charge is 2.20. The molecule has 72 heavy (non-hydrogen) atoms. The SMILES string of the molecule is c1ccc(-c2cc(N(c3ccccc3)c3ccccc3)ccc2-c2ccc(-c3nc4ccccc4nc3-c3ccc(-c4ccc(N(c5ccccc5)c5ccccc5)cc4-c4ccccc4)cc3)cc2)cc1. The number of hydrogen-bond donors (Lipinski definition) is 0. The lowest BCUT2D eigenvalue weighted by Crippen LogP contribution is -2.10. The first kappa shape index (κ1) is 43.6. The largest absolute Gasteiger partial charge is 0.310 e. The lowest BCUT2D eigenvalue weighted by molar-refractivity contribution is 1.28. The summed E-state index contributed by atoms with van der Waals surface area (Å²) in [5, 5.41) is 0. The quantitative estimate of drug-likeness (QED) is 0.122. The van der Waals surface area contributed by atoms with Gasteiger partial charge in [0, 0.05) is 45.3 Å². The van der Waals surface area contributed by atoms with Crippen LogP contribution in [0.2, 0.25) is 0 Å². The van der Waals surface area contributed by atoms with E-state index in [9.17, 15) is 0 Å². The third-order valence-electron chi connectivity index (χ3n) is 13.3. The first-order valence-electron chi connectivity index (χ1n) is 24.4. The highest BCUT2D eigenvalue weighted by atomic mass is 15.1. The number of aromatic nitrogens is 2. The molecule has 0 saturated heterocycles. The standard InChI is InChI=1S/C68H48N4/c1-7-21-49(22-8-1)63-47-59(71(55-25-11-3-12-26-55)56-27-13-4-14-28-56)43-45-61(63)51-35-39-53(40-36-51)67-68(70-66-34-20-19-33-65(66)69-67)54-41-37-52(38-42-54)62-46-44-60(48-64(62)50-23-9-2-10-24-50)72(57-29-15-5-16-30-57)58-31-17-6-18-32-58/h1-48H. The summed E-state index contributed by atoms with van der Waals surface area (Å²) in [6, 6.07) is 103. The molecule has 0 bridgehead atoms. The van der Waals surface area contributed by atoms with Crippen LogP contribution in [0.25, 0.3) is 78.1 Å². The van der Waals surface area contributed by atoms with Crippen molar-refractivity contribution in [2.75, 3.05) is 9.80 Å². The van der Waals surface area contributed by atoms with E-state index in [0.29, 0.717) is 0 Å². The first-order valence-corrected chi connectivity index (χ1v) is 24.4. The maximum Gasteiger partial charge on any atom is 0.0973 e. The predicted molar refractivity (Wildman–Crippen MR) is 302 cm³/mol. The van der Waals surface area contributed by atoms with E-state index in [1.54, 1.807) is 0 Å². The zero-order valence-corrected chi connectivity index (χ0v) is 39.5. The number of nitrogens with zero attached hydrogens (tertiary/aromatic N) is 4. The van der Waals surface area contributed by atoms with Gasteiger partial charge in [0.25, 0.3) is 0 Å². The van der Waals surface area contributed by atoms with Crippen LogP contribution in [-0.4, -0.2) is 9.97 Å². The fourth-order valence-corrected chi connectivity index (χ4v) is 9.78. The Morgan fingerprint density at radius 1 is 0.194 bits per heavy atom. The van der Waals surface area contributed by atoms with Crippen molar-refractivity contribution in [3.8, 4) is 67.0 Å². The highest BCUT2D eigenvalue weighted by molar-refractivity contribution is 5.93. The summed E-state index contributed by atoms with van der Waals surface area (Å²) in [6.45, 7) is 0. The van der Waals surface area contributed by atoms with Crippen LogP contribution in [0.4, 0.5) is 34.1 Å². The molecule has 0 aliphatic heterocycles. The van der Waals surface area contributed by atoms with Gasteiger partial charge in [-0.05, 0) is 129 Å². The summed E-state index contributed by atoms with van der Waals surface area (Å²) in [6.07, 6.45) is 0. The van der Waals surface area contributed by atoms with E-state index in [1.165, 1.54) is 0 Å². The summed E-state index contributed by atoms with van der Waals surface area (Å²) in [5.41, 5.74) is 21.1. The van der Waals surface area contributed by atoms with E-state index in [4.69, 9.17) is 9.97 Å². The molecule has 12 aromatic rings. The van der Waals surface area contributed by atoms with Gasteiger partial charge in [-0.3, -0.25) is 0 Å². The molecule has 0 aliphatic carbocycles. The van der Waals surface area contributed by atoms with Crippen molar-refractivity contribution in [1.82, 2.24) is 9.97 Å². The van der Waals surface area contributed by atoms with Crippen molar-refractivity contribution in [3.05, 3.63) is 291 Å². The minimum atomic E-state index is 0.837. The molecule has 0 amide bonds. The van der Waals surface area contributed by atoms with Crippen LogP contribution in [0.1, 0.15) is 0 Å². The van der Waals surface area contributed by atoms with Gasteiger partial charge < -0.3 is 9.80 Å². The van der Waals surface area contributed by atoms with Crippen molar-refractivity contribution < 1.29 is 0 Å². The minimum absolute atomic E-state index is 0.837. The van der Waals surface area contributed by atoms with E-state index in [1.807, 2.05) is 24.3 Å². The summed E-state index contributed by atoms with van der Waals surface area (Å²) in [4.78, 5) is 15.3. The van der Waals surface area contributed by atoms with Gasteiger partial charge in [-0.1, -0.05) is 206 Å². The Morgan fingerprint density at radius 3 is 0.778 bits per heavy atom. The summed E-state index contributed by atoms with van der Waals surface area (Å²) in [7, 11) is 0. The van der Waals surface area contributed by atoms with Crippen LogP contribution in [0, 0.1) is 0 Å². The summed E-state index contributed by atoms with van der Waals surface area (Å²) < 4.78 is 0. The summed E-state index contributed by atoms with van der Waals surface area (Å²) in [5.74, 6) is 0. The van der Waals surface area contributed by atoms with Crippen LogP contribution >= 0.6 is 0 Å². The monoisotopic (exact) mass is 920 g/mol. The number of benzene rings is 11. The molecule has 11 aromatic carbocycles. The molecule has 0 N–H and O–H groups in total. The number of hydrogen-bond acceptors (Lipinski definition) is 4. The van der Waals surface area contributed by atoms with E-state index in [0.717, 1.165) is 112 Å². The Balaban J connectivity index is 0.919. The number of anilines is 6. The minimum Gasteiger partial charge on any atom is -0.310 e. The molecule has 0 spiro atoms. The van der Waals surface area contributed by atoms with Gasteiger partial charge in [0.2, 0.25) is 0 Å². The number of para-hydroxylation sites is 6. The van der Waals surface area contributed by atoms with Crippen molar-refractivity contribution in [2.24, 2.45) is 0 Å². The Kier molecular flexibility index (Phi) is 12.0. The van der Waals surface area contributed by atoms with E-state index >= 15 is 0 Å². The predicted octanol–water partition coefficient (Wildman–Crippen LogP) is 18.6. The second kappa shape index (κ2) is 19.8. The second-order valence-corrected chi connectivity index (χ2v) is 17.8. The Bertz CT molecular complexity index is 3420. The third-order valence-corrected chi connectivity index (χ3v) is 13.3. The lowest BCUT2D eigenvalue weighted by atomic mass is 9.92. The topological polar surface area (TPSA) is 32.3 Å². The van der Waals surface area contributed by atoms with Crippen LogP contribution in [0.3, 0.4) is 0 Å². The Hall–Kier alpha value is -9.64. The smallest absolute Gasteiger partial charge is 0.0973 e. The molecule has 0 fully saturated rings. The molecule has 1 heterocycles. The lowest BCUT2D eigenvalue weighted by Gasteiger charge is -2.26. The fourth-order valence-electron chi connectivity index (χ4n) is 9.78. The van der Waals surface area contributed by atoms with Crippen molar-refractivity contribution >= 4 is 45.2 Å². The summed E-state index contributed by atoms with van der Waals surface area (Å²) >= 11 is 0. The van der Waals surface area contributed by atoms with Gasteiger partial charge in [0.05, 0.1) is 22.4 Å². The van der Waals surface area contributed by atoms with Crippen LogP contribution < -0.4 is 9.80 Å². The average molecular weight is 921 g/mol. The van der Waals surface area contributed by atoms with Crippen LogP contribution in [0.15, 0.2) is 291 Å². The van der Waals surface area contributed by atoms with Gasteiger partial charge in [-0.15, -0.1) is 0 Å². The molecule has 340 valence electrons. The van der Waals surface area contributed by atoms with Crippen molar-refractivity contribution in [2.45, 2.75) is 0 Å².